The second-order valence-corrected chi connectivity index (χ2v) is 4.89. The molecule has 6 heteroatoms. The molecule has 2 unspecified atom stereocenters. The molecular formula is C12H18N6. The van der Waals surface area contributed by atoms with Gasteiger partial charge in [0.25, 0.3) is 0 Å². The molecule has 2 aromatic rings. The highest BCUT2D eigenvalue weighted by Crippen LogP contribution is 2.28. The van der Waals surface area contributed by atoms with Gasteiger partial charge in [0.2, 0.25) is 5.65 Å². The summed E-state index contributed by atoms with van der Waals surface area (Å²) < 4.78 is 1.95. The van der Waals surface area contributed by atoms with Gasteiger partial charge in [0.05, 0.1) is 0 Å². The van der Waals surface area contributed by atoms with E-state index in [0.29, 0.717) is 12.0 Å². The first-order chi connectivity index (χ1) is 8.79. The Kier molecular flexibility index (Phi) is 2.87. The van der Waals surface area contributed by atoms with E-state index in [2.05, 4.69) is 20.5 Å². The summed E-state index contributed by atoms with van der Waals surface area (Å²) in [5.74, 6) is 2.22. The van der Waals surface area contributed by atoms with Crippen molar-refractivity contribution >= 4 is 11.5 Å². The van der Waals surface area contributed by atoms with Crippen molar-refractivity contribution in [1.82, 2.24) is 19.6 Å². The van der Waals surface area contributed by atoms with Gasteiger partial charge in [0, 0.05) is 18.4 Å². The molecule has 1 saturated carbocycles. The lowest BCUT2D eigenvalue weighted by Gasteiger charge is -2.19. The van der Waals surface area contributed by atoms with Gasteiger partial charge in [0.1, 0.15) is 5.82 Å². The van der Waals surface area contributed by atoms with Gasteiger partial charge in [-0.15, -0.1) is 10.2 Å². The molecule has 2 heterocycles. The zero-order chi connectivity index (χ0) is 12.5. The number of nitrogens with zero attached hydrogens (tertiary/aromatic N) is 4. The number of nitrogens with two attached hydrogens (primary N) is 1. The Morgan fingerprint density at radius 3 is 3.17 bits per heavy atom. The van der Waals surface area contributed by atoms with Gasteiger partial charge in [-0.25, -0.2) is 4.98 Å². The molecule has 3 N–H and O–H groups in total. The minimum Gasteiger partial charge on any atom is -0.364 e. The van der Waals surface area contributed by atoms with E-state index in [1.165, 1.54) is 12.8 Å². The number of anilines is 1. The van der Waals surface area contributed by atoms with Crippen LogP contribution in [0.3, 0.4) is 0 Å². The van der Waals surface area contributed by atoms with Gasteiger partial charge in [0.15, 0.2) is 5.82 Å². The molecule has 0 saturated heterocycles. The zero-order valence-electron chi connectivity index (χ0n) is 10.5. The van der Waals surface area contributed by atoms with Crippen LogP contribution in [0.1, 0.15) is 25.1 Å². The number of aromatic nitrogens is 4. The molecule has 18 heavy (non-hydrogen) atoms. The van der Waals surface area contributed by atoms with E-state index < -0.39 is 0 Å². The number of hydrogen-bond acceptors (Lipinski definition) is 5. The number of aryl methyl sites for hydroxylation is 1. The van der Waals surface area contributed by atoms with Crippen molar-refractivity contribution in [2.75, 3.05) is 11.9 Å². The third kappa shape index (κ3) is 1.82. The van der Waals surface area contributed by atoms with Crippen molar-refractivity contribution in [2.24, 2.45) is 11.7 Å². The number of hydrogen-bond donors (Lipinski definition) is 2. The maximum atomic E-state index is 5.80. The van der Waals surface area contributed by atoms with Crippen molar-refractivity contribution in [2.45, 2.75) is 32.2 Å². The Bertz CT molecular complexity index is 548. The third-order valence-corrected chi connectivity index (χ3v) is 3.78. The smallest absolute Gasteiger partial charge is 0.203 e. The minimum atomic E-state index is 0.408. The van der Waals surface area contributed by atoms with Crippen LogP contribution in [0.25, 0.3) is 5.65 Å². The molecule has 6 nitrogen and oxygen atoms in total. The number of fused-ring (bicyclic) bond motifs is 1. The minimum absolute atomic E-state index is 0.408. The van der Waals surface area contributed by atoms with Crippen LogP contribution in [-0.2, 0) is 0 Å². The molecular weight excluding hydrogens is 228 g/mol. The van der Waals surface area contributed by atoms with Crippen molar-refractivity contribution in [3.8, 4) is 0 Å². The summed E-state index contributed by atoms with van der Waals surface area (Å²) in [6.45, 7) is 2.66. The predicted octanol–water partition coefficient (Wildman–Crippen LogP) is 0.972. The molecule has 0 bridgehead atoms. The Morgan fingerprint density at radius 2 is 2.33 bits per heavy atom. The zero-order valence-corrected chi connectivity index (χ0v) is 10.5. The van der Waals surface area contributed by atoms with Gasteiger partial charge in [-0.2, -0.15) is 0 Å². The summed E-state index contributed by atoms with van der Waals surface area (Å²) in [5.41, 5.74) is 6.59. The molecule has 2 atom stereocenters. The molecule has 0 aliphatic heterocycles. The fourth-order valence-corrected chi connectivity index (χ4v) is 2.73. The summed E-state index contributed by atoms with van der Waals surface area (Å²) in [4.78, 5) is 4.38. The van der Waals surface area contributed by atoms with Crippen LogP contribution < -0.4 is 11.1 Å². The van der Waals surface area contributed by atoms with Crippen LogP contribution in [0.4, 0.5) is 5.82 Å². The van der Waals surface area contributed by atoms with E-state index >= 15 is 0 Å². The van der Waals surface area contributed by atoms with E-state index in [4.69, 9.17) is 5.73 Å². The maximum absolute atomic E-state index is 5.80. The maximum Gasteiger partial charge on any atom is 0.203 e. The van der Waals surface area contributed by atoms with Crippen molar-refractivity contribution in [1.29, 1.82) is 0 Å². The molecule has 2 aromatic heterocycles. The Hall–Kier alpha value is -1.69. The molecule has 0 radical (unpaired) electrons. The van der Waals surface area contributed by atoms with Crippen molar-refractivity contribution in [3.63, 3.8) is 0 Å². The predicted molar refractivity (Wildman–Crippen MR) is 69.3 cm³/mol. The Balaban J connectivity index is 1.90. The van der Waals surface area contributed by atoms with E-state index in [9.17, 15) is 0 Å². The molecule has 0 aromatic carbocycles. The lowest BCUT2D eigenvalue weighted by molar-refractivity contribution is 0.515. The van der Waals surface area contributed by atoms with Gasteiger partial charge in [-0.05, 0) is 32.2 Å². The van der Waals surface area contributed by atoms with Gasteiger partial charge < -0.3 is 11.1 Å². The molecule has 1 aliphatic carbocycles. The molecule has 1 fully saturated rings. The highest BCUT2D eigenvalue weighted by molar-refractivity contribution is 5.62. The first-order valence-electron chi connectivity index (χ1n) is 6.42. The lowest BCUT2D eigenvalue weighted by atomic mass is 10.0. The van der Waals surface area contributed by atoms with Gasteiger partial charge in [-0.1, -0.05) is 6.42 Å². The van der Waals surface area contributed by atoms with Crippen LogP contribution in [0.15, 0.2) is 12.4 Å². The molecule has 0 amide bonds. The van der Waals surface area contributed by atoms with Gasteiger partial charge >= 0.3 is 0 Å². The number of rotatable bonds is 3. The monoisotopic (exact) mass is 246 g/mol. The van der Waals surface area contributed by atoms with Crippen LogP contribution in [0.2, 0.25) is 0 Å². The third-order valence-electron chi connectivity index (χ3n) is 3.78. The first kappa shape index (κ1) is 11.4. The average molecular weight is 246 g/mol. The molecule has 3 rings (SSSR count). The summed E-state index contributed by atoms with van der Waals surface area (Å²) in [5, 5.41) is 11.7. The summed E-state index contributed by atoms with van der Waals surface area (Å²) in [6.07, 6.45) is 7.23. The fourth-order valence-electron chi connectivity index (χ4n) is 2.73. The molecule has 1 aliphatic rings. The summed E-state index contributed by atoms with van der Waals surface area (Å²) in [6, 6.07) is 0.408. The van der Waals surface area contributed by atoms with Crippen molar-refractivity contribution in [3.05, 3.63) is 18.2 Å². The second kappa shape index (κ2) is 4.53. The summed E-state index contributed by atoms with van der Waals surface area (Å²) in [7, 11) is 0. The first-order valence-corrected chi connectivity index (χ1v) is 6.42. The fraction of sp³-hybridized carbons (Fsp3) is 0.583. The Labute approximate surface area is 106 Å². The largest absolute Gasteiger partial charge is 0.364 e. The number of nitrogens with one attached hydrogen (secondary N) is 1. The standard InChI is InChI=1S/C12H18N6/c1-8-16-17-12-11(14-5-6-18(8)12)15-10-4-2-3-9(10)7-13/h5-6,9-10H,2-4,7,13H2,1H3,(H,14,15). The Morgan fingerprint density at radius 1 is 1.44 bits per heavy atom. The van der Waals surface area contributed by atoms with E-state index in [1.807, 2.05) is 17.5 Å². The van der Waals surface area contributed by atoms with Crippen LogP contribution in [0, 0.1) is 12.8 Å². The molecule has 0 spiro atoms. The second-order valence-electron chi connectivity index (χ2n) is 4.89. The lowest BCUT2D eigenvalue weighted by Crippen LogP contribution is -2.30. The summed E-state index contributed by atoms with van der Waals surface area (Å²) >= 11 is 0. The van der Waals surface area contributed by atoms with E-state index in [-0.39, 0.29) is 0 Å². The SMILES string of the molecule is Cc1nnc2c(NC3CCCC3CN)nccn12. The van der Waals surface area contributed by atoms with Crippen molar-refractivity contribution < 1.29 is 0 Å². The van der Waals surface area contributed by atoms with Crippen LogP contribution >= 0.6 is 0 Å². The topological polar surface area (TPSA) is 81.1 Å². The van der Waals surface area contributed by atoms with E-state index in [0.717, 1.165) is 30.3 Å². The van der Waals surface area contributed by atoms with Crippen LogP contribution in [-0.4, -0.2) is 32.2 Å². The molecule has 96 valence electrons. The highest BCUT2D eigenvalue weighted by Gasteiger charge is 2.26. The quantitative estimate of drug-likeness (QED) is 0.843. The highest BCUT2D eigenvalue weighted by atomic mass is 15.3. The van der Waals surface area contributed by atoms with E-state index in [1.54, 1.807) is 6.20 Å². The van der Waals surface area contributed by atoms with Crippen LogP contribution in [0.5, 0.6) is 0 Å². The normalized spacial score (nSPS) is 23.7. The average Bonchev–Trinajstić information content (AvgIpc) is 2.98. The van der Waals surface area contributed by atoms with Gasteiger partial charge in [-0.3, -0.25) is 4.40 Å².